The number of aryl methyl sites for hydroxylation is 1. The summed E-state index contributed by atoms with van der Waals surface area (Å²) >= 11 is 0. The molecule has 1 aromatic heterocycles. The second-order valence-electron chi connectivity index (χ2n) is 6.14. The van der Waals surface area contributed by atoms with Gasteiger partial charge in [0.1, 0.15) is 11.5 Å². The zero-order chi connectivity index (χ0) is 15.4. The fourth-order valence-corrected chi connectivity index (χ4v) is 2.92. The van der Waals surface area contributed by atoms with Crippen molar-refractivity contribution in [2.45, 2.75) is 25.8 Å². The second kappa shape index (κ2) is 8.76. The van der Waals surface area contributed by atoms with Gasteiger partial charge in [-0.25, -0.2) is 0 Å². The molecule has 0 bridgehead atoms. The van der Waals surface area contributed by atoms with Crippen LogP contribution >= 0.6 is 24.0 Å². The Labute approximate surface area is 151 Å². The van der Waals surface area contributed by atoms with E-state index in [2.05, 4.69) is 20.8 Å². The minimum atomic E-state index is 0. The Morgan fingerprint density at radius 3 is 2.23 bits per heavy atom. The number of likely N-dealkylation sites (tertiary alicyclic amines) is 1. The number of aliphatic imine (C=N–C) groups is 1. The Morgan fingerprint density at radius 1 is 1.18 bits per heavy atom. The topological polar surface area (TPSA) is 35.2 Å². The van der Waals surface area contributed by atoms with Crippen LogP contribution in [0, 0.1) is 6.92 Å². The van der Waals surface area contributed by atoms with Crippen LogP contribution in [0.25, 0.3) is 0 Å². The lowest BCUT2D eigenvalue weighted by atomic mass is 10.2. The summed E-state index contributed by atoms with van der Waals surface area (Å²) in [5, 5.41) is 0. The van der Waals surface area contributed by atoms with Gasteiger partial charge in [0.2, 0.25) is 0 Å². The van der Waals surface area contributed by atoms with Crippen LogP contribution in [0.5, 0.6) is 0 Å². The third kappa shape index (κ3) is 4.87. The normalized spacial score (nSPS) is 16.0. The molecule has 0 N–H and O–H groups in total. The van der Waals surface area contributed by atoms with Crippen LogP contribution in [0.4, 0.5) is 0 Å². The molecular weight excluding hydrogens is 391 g/mol. The van der Waals surface area contributed by atoms with Crippen LogP contribution in [-0.2, 0) is 0 Å². The van der Waals surface area contributed by atoms with Gasteiger partial charge in [-0.2, -0.15) is 0 Å². The van der Waals surface area contributed by atoms with Crippen LogP contribution in [0.15, 0.2) is 21.5 Å². The summed E-state index contributed by atoms with van der Waals surface area (Å²) in [6.45, 7) is 5.01. The predicted octanol–water partition coefficient (Wildman–Crippen LogP) is 2.82. The molecule has 6 heteroatoms. The van der Waals surface area contributed by atoms with Crippen molar-refractivity contribution in [1.82, 2.24) is 14.7 Å². The van der Waals surface area contributed by atoms with E-state index in [0.717, 1.165) is 37.1 Å². The van der Waals surface area contributed by atoms with Crippen molar-refractivity contribution >= 4 is 29.9 Å². The maximum Gasteiger partial charge on any atom is 0.195 e. The van der Waals surface area contributed by atoms with Crippen LogP contribution in [0.1, 0.15) is 30.4 Å². The molecule has 0 aromatic carbocycles. The molecule has 1 aliphatic rings. The van der Waals surface area contributed by atoms with Gasteiger partial charge in [0.05, 0.1) is 12.6 Å². The molecule has 0 spiro atoms. The van der Waals surface area contributed by atoms with Crippen LogP contribution < -0.4 is 0 Å². The molecule has 5 nitrogen and oxygen atoms in total. The molecule has 22 heavy (non-hydrogen) atoms. The lowest BCUT2D eigenvalue weighted by Crippen LogP contribution is -2.36. The average Bonchev–Trinajstić information content (AvgIpc) is 3.05. The lowest BCUT2D eigenvalue weighted by Gasteiger charge is -2.27. The Bertz CT molecular complexity index is 468. The highest BCUT2D eigenvalue weighted by atomic mass is 127. The van der Waals surface area contributed by atoms with E-state index in [1.54, 1.807) is 0 Å². The van der Waals surface area contributed by atoms with Gasteiger partial charge in [-0.15, -0.1) is 24.0 Å². The van der Waals surface area contributed by atoms with Gasteiger partial charge in [-0.3, -0.25) is 9.89 Å². The standard InChI is InChI=1S/C16H28N4O.HI/c1-13-8-9-15(21-13)14(20-10-6-7-11-20)12-17-16(18(2)3)19(4)5;/h8-9,14H,6-7,10-12H2,1-5H3;1H. The molecule has 1 atom stereocenters. The van der Waals surface area contributed by atoms with Crippen molar-refractivity contribution < 1.29 is 4.42 Å². The first kappa shape index (κ1) is 19.3. The average molecular weight is 420 g/mol. The van der Waals surface area contributed by atoms with Gasteiger partial charge in [-0.05, 0) is 45.0 Å². The molecule has 0 radical (unpaired) electrons. The molecule has 1 saturated heterocycles. The Kier molecular flexibility index (Phi) is 7.68. The Balaban J connectivity index is 0.00000242. The monoisotopic (exact) mass is 420 g/mol. The minimum Gasteiger partial charge on any atom is -0.465 e. The SMILES string of the molecule is Cc1ccc(C(CN=C(N(C)C)N(C)C)N2CCCC2)o1.I. The first-order valence-electron chi connectivity index (χ1n) is 7.68. The van der Waals surface area contributed by atoms with E-state index in [1.165, 1.54) is 12.8 Å². The van der Waals surface area contributed by atoms with Crippen molar-refractivity contribution in [3.05, 3.63) is 23.7 Å². The van der Waals surface area contributed by atoms with E-state index < -0.39 is 0 Å². The molecule has 1 unspecified atom stereocenters. The molecule has 126 valence electrons. The predicted molar refractivity (Wildman–Crippen MR) is 102 cm³/mol. The molecule has 1 aliphatic heterocycles. The molecule has 1 fully saturated rings. The fraction of sp³-hybridized carbons (Fsp3) is 0.688. The van der Waals surface area contributed by atoms with Crippen LogP contribution in [0.3, 0.4) is 0 Å². The quantitative estimate of drug-likeness (QED) is 0.427. The van der Waals surface area contributed by atoms with Crippen molar-refractivity contribution in [2.24, 2.45) is 4.99 Å². The molecular formula is C16H29IN4O. The van der Waals surface area contributed by atoms with Crippen LogP contribution in [-0.4, -0.2) is 68.5 Å². The Morgan fingerprint density at radius 2 is 1.77 bits per heavy atom. The summed E-state index contributed by atoms with van der Waals surface area (Å²) in [5.74, 6) is 3.00. The number of hydrogen-bond acceptors (Lipinski definition) is 3. The van der Waals surface area contributed by atoms with E-state index >= 15 is 0 Å². The van der Waals surface area contributed by atoms with E-state index in [4.69, 9.17) is 9.41 Å². The first-order valence-corrected chi connectivity index (χ1v) is 7.68. The van der Waals surface area contributed by atoms with E-state index in [0.29, 0.717) is 0 Å². The van der Waals surface area contributed by atoms with Crippen molar-refractivity contribution in [3.63, 3.8) is 0 Å². The highest BCUT2D eigenvalue weighted by molar-refractivity contribution is 14.0. The van der Waals surface area contributed by atoms with Gasteiger partial charge < -0.3 is 14.2 Å². The Hall–Kier alpha value is -0.760. The zero-order valence-electron chi connectivity index (χ0n) is 14.4. The largest absolute Gasteiger partial charge is 0.465 e. The van der Waals surface area contributed by atoms with Crippen molar-refractivity contribution in [3.8, 4) is 0 Å². The number of rotatable bonds is 4. The highest BCUT2D eigenvalue weighted by Crippen LogP contribution is 2.27. The third-order valence-corrected chi connectivity index (χ3v) is 3.88. The summed E-state index contributed by atoms with van der Waals surface area (Å²) in [4.78, 5) is 11.4. The number of furan rings is 1. The fourth-order valence-electron chi connectivity index (χ4n) is 2.92. The second-order valence-corrected chi connectivity index (χ2v) is 6.14. The maximum atomic E-state index is 5.87. The number of hydrogen-bond donors (Lipinski definition) is 0. The zero-order valence-corrected chi connectivity index (χ0v) is 16.7. The van der Waals surface area contributed by atoms with Gasteiger partial charge in [0, 0.05) is 28.2 Å². The van der Waals surface area contributed by atoms with E-state index in [1.807, 2.05) is 41.2 Å². The summed E-state index contributed by atoms with van der Waals surface area (Å²) in [6, 6.07) is 4.39. The van der Waals surface area contributed by atoms with Gasteiger partial charge in [0.15, 0.2) is 5.96 Å². The smallest absolute Gasteiger partial charge is 0.195 e. The third-order valence-electron chi connectivity index (χ3n) is 3.88. The molecule has 2 rings (SSSR count). The van der Waals surface area contributed by atoms with Gasteiger partial charge >= 0.3 is 0 Å². The number of nitrogens with zero attached hydrogens (tertiary/aromatic N) is 4. The highest BCUT2D eigenvalue weighted by Gasteiger charge is 2.26. The maximum absolute atomic E-state index is 5.87. The molecule has 2 heterocycles. The van der Waals surface area contributed by atoms with Gasteiger partial charge in [0.25, 0.3) is 0 Å². The van der Waals surface area contributed by atoms with Crippen molar-refractivity contribution in [2.75, 3.05) is 47.8 Å². The van der Waals surface area contributed by atoms with E-state index in [-0.39, 0.29) is 30.0 Å². The number of guanidine groups is 1. The minimum absolute atomic E-state index is 0. The molecule has 1 aromatic rings. The first-order chi connectivity index (χ1) is 9.99. The number of halogens is 1. The molecule has 0 aliphatic carbocycles. The lowest BCUT2D eigenvalue weighted by molar-refractivity contribution is 0.218. The summed E-state index contributed by atoms with van der Waals surface area (Å²) in [5.41, 5.74) is 0. The van der Waals surface area contributed by atoms with Crippen molar-refractivity contribution in [1.29, 1.82) is 0 Å². The van der Waals surface area contributed by atoms with E-state index in [9.17, 15) is 0 Å². The summed E-state index contributed by atoms with van der Waals surface area (Å²) in [7, 11) is 8.11. The molecule has 0 amide bonds. The molecule has 0 saturated carbocycles. The summed E-state index contributed by atoms with van der Waals surface area (Å²) in [6.07, 6.45) is 2.54. The van der Waals surface area contributed by atoms with Crippen LogP contribution in [0.2, 0.25) is 0 Å². The summed E-state index contributed by atoms with van der Waals surface area (Å²) < 4.78 is 5.87. The van der Waals surface area contributed by atoms with Gasteiger partial charge in [-0.1, -0.05) is 0 Å².